The predicted octanol–water partition coefficient (Wildman–Crippen LogP) is 2.49. The molecular formula is C14H15NO2. The predicted molar refractivity (Wildman–Crippen MR) is 64.3 cm³/mol. The Balaban J connectivity index is 1.44. The monoisotopic (exact) mass is 229 g/mol. The third kappa shape index (κ3) is 2.18. The molecule has 88 valence electrons. The van der Waals surface area contributed by atoms with Gasteiger partial charge in [-0.3, -0.25) is 0 Å². The molecule has 1 fully saturated rings. The number of rotatable bonds is 3. The fourth-order valence-electron chi connectivity index (χ4n) is 2.46. The van der Waals surface area contributed by atoms with Crippen molar-refractivity contribution in [3.63, 3.8) is 0 Å². The number of hydrogen-bond acceptors (Lipinski definition) is 2. The van der Waals surface area contributed by atoms with Crippen molar-refractivity contribution in [3.05, 3.63) is 48.0 Å². The molecule has 2 aliphatic carbocycles. The zero-order chi connectivity index (χ0) is 11.7. The van der Waals surface area contributed by atoms with E-state index in [4.69, 9.17) is 4.74 Å². The smallest absolute Gasteiger partial charge is 0.407 e. The van der Waals surface area contributed by atoms with Crippen LogP contribution in [0.4, 0.5) is 4.79 Å². The molecule has 0 radical (unpaired) electrons. The second-order valence-electron chi connectivity index (χ2n) is 4.64. The Morgan fingerprint density at radius 3 is 2.88 bits per heavy atom. The number of allylic oxidation sites excluding steroid dienone is 1. The van der Waals surface area contributed by atoms with Crippen LogP contribution in [0.5, 0.6) is 0 Å². The lowest BCUT2D eigenvalue weighted by Crippen LogP contribution is -2.28. The first-order valence-corrected chi connectivity index (χ1v) is 5.98. The summed E-state index contributed by atoms with van der Waals surface area (Å²) >= 11 is 0. The summed E-state index contributed by atoms with van der Waals surface area (Å²) in [6.07, 6.45) is 5.16. The van der Waals surface area contributed by atoms with E-state index in [1.165, 1.54) is 0 Å². The maximum atomic E-state index is 11.5. The van der Waals surface area contributed by atoms with Crippen LogP contribution < -0.4 is 5.32 Å². The van der Waals surface area contributed by atoms with E-state index in [-0.39, 0.29) is 6.09 Å². The Hall–Kier alpha value is -1.77. The van der Waals surface area contributed by atoms with E-state index in [0.717, 1.165) is 12.0 Å². The van der Waals surface area contributed by atoms with Crippen molar-refractivity contribution in [3.8, 4) is 0 Å². The van der Waals surface area contributed by atoms with Crippen molar-refractivity contribution >= 4 is 6.09 Å². The van der Waals surface area contributed by atoms with Gasteiger partial charge in [0, 0.05) is 12.0 Å². The molecule has 17 heavy (non-hydrogen) atoms. The first-order valence-electron chi connectivity index (χ1n) is 5.98. The van der Waals surface area contributed by atoms with Crippen molar-refractivity contribution in [2.45, 2.75) is 19.1 Å². The van der Waals surface area contributed by atoms with Crippen LogP contribution in [0.25, 0.3) is 0 Å². The van der Waals surface area contributed by atoms with Crippen LogP contribution in [0.2, 0.25) is 0 Å². The molecule has 3 unspecified atom stereocenters. The van der Waals surface area contributed by atoms with Crippen LogP contribution in [0.15, 0.2) is 42.5 Å². The van der Waals surface area contributed by atoms with E-state index >= 15 is 0 Å². The first-order chi connectivity index (χ1) is 8.34. The number of alkyl carbamates (subject to hydrolysis) is 1. The highest BCUT2D eigenvalue weighted by Crippen LogP contribution is 2.47. The van der Waals surface area contributed by atoms with Crippen molar-refractivity contribution in [2.75, 3.05) is 0 Å². The molecule has 3 nitrogen and oxygen atoms in total. The lowest BCUT2D eigenvalue weighted by molar-refractivity contribution is 0.138. The molecule has 0 aliphatic heterocycles. The summed E-state index contributed by atoms with van der Waals surface area (Å²) in [4.78, 5) is 11.5. The summed E-state index contributed by atoms with van der Waals surface area (Å²) in [5.41, 5.74) is 1.01. The summed E-state index contributed by atoms with van der Waals surface area (Å²) in [5, 5.41) is 2.91. The molecule has 3 rings (SSSR count). The number of ether oxygens (including phenoxy) is 1. The van der Waals surface area contributed by atoms with Crippen molar-refractivity contribution in [2.24, 2.45) is 11.8 Å². The van der Waals surface area contributed by atoms with Crippen molar-refractivity contribution in [1.82, 2.24) is 5.32 Å². The fourth-order valence-corrected chi connectivity index (χ4v) is 2.46. The number of nitrogens with one attached hydrogen (secondary N) is 1. The lowest BCUT2D eigenvalue weighted by atomic mass is 10.2. The summed E-state index contributed by atoms with van der Waals surface area (Å²) in [6, 6.07) is 10.0. The molecule has 0 spiro atoms. The highest BCUT2D eigenvalue weighted by molar-refractivity contribution is 5.68. The van der Waals surface area contributed by atoms with Gasteiger partial charge in [-0.15, -0.1) is 0 Å². The van der Waals surface area contributed by atoms with Gasteiger partial charge >= 0.3 is 6.09 Å². The molecule has 0 saturated heterocycles. The van der Waals surface area contributed by atoms with Gasteiger partial charge in [-0.1, -0.05) is 42.5 Å². The van der Waals surface area contributed by atoms with Crippen molar-refractivity contribution in [1.29, 1.82) is 0 Å². The number of carbonyl (C=O) groups excluding carboxylic acids is 1. The van der Waals surface area contributed by atoms with Crippen LogP contribution in [0.1, 0.15) is 12.0 Å². The molecule has 1 N–H and O–H groups in total. The van der Waals surface area contributed by atoms with Gasteiger partial charge in [-0.2, -0.15) is 0 Å². The Labute approximate surface area is 100 Å². The van der Waals surface area contributed by atoms with E-state index in [2.05, 4.69) is 17.5 Å². The number of benzene rings is 1. The van der Waals surface area contributed by atoms with Crippen LogP contribution in [-0.4, -0.2) is 12.1 Å². The third-order valence-corrected chi connectivity index (χ3v) is 3.49. The second kappa shape index (κ2) is 4.24. The molecule has 1 amide bonds. The highest BCUT2D eigenvalue weighted by Gasteiger charge is 2.51. The molecule has 2 aliphatic rings. The number of fused-ring (bicyclic) bond motifs is 1. The normalized spacial score (nSPS) is 28.6. The Bertz CT molecular complexity index is 441. The van der Waals surface area contributed by atoms with Gasteiger partial charge in [0.15, 0.2) is 0 Å². The largest absolute Gasteiger partial charge is 0.445 e. The van der Waals surface area contributed by atoms with E-state index in [9.17, 15) is 4.79 Å². The molecule has 1 saturated carbocycles. The van der Waals surface area contributed by atoms with Gasteiger partial charge in [0.2, 0.25) is 0 Å². The highest BCUT2D eigenvalue weighted by atomic mass is 16.5. The van der Waals surface area contributed by atoms with E-state index in [1.54, 1.807) is 0 Å². The Morgan fingerprint density at radius 2 is 2.18 bits per heavy atom. The van der Waals surface area contributed by atoms with E-state index in [0.29, 0.717) is 24.5 Å². The van der Waals surface area contributed by atoms with Crippen LogP contribution >= 0.6 is 0 Å². The average molecular weight is 229 g/mol. The quantitative estimate of drug-likeness (QED) is 0.809. The Morgan fingerprint density at radius 1 is 1.35 bits per heavy atom. The minimum Gasteiger partial charge on any atom is -0.445 e. The molecule has 0 heterocycles. The van der Waals surface area contributed by atoms with Crippen LogP contribution in [0.3, 0.4) is 0 Å². The summed E-state index contributed by atoms with van der Waals surface area (Å²) in [7, 11) is 0. The summed E-state index contributed by atoms with van der Waals surface area (Å²) < 4.78 is 5.17. The Kier molecular flexibility index (Phi) is 2.59. The molecule has 0 bridgehead atoms. The molecule has 1 aromatic carbocycles. The molecule has 1 aromatic rings. The number of carbonyl (C=O) groups is 1. The van der Waals surface area contributed by atoms with Crippen LogP contribution in [-0.2, 0) is 11.3 Å². The SMILES string of the molecule is O=C(NC1C2C=CCC21)OCc1ccccc1. The van der Waals surface area contributed by atoms with Gasteiger partial charge in [0.05, 0.1) is 0 Å². The van der Waals surface area contributed by atoms with Gasteiger partial charge < -0.3 is 10.1 Å². The fraction of sp³-hybridized carbons (Fsp3) is 0.357. The lowest BCUT2D eigenvalue weighted by Gasteiger charge is -2.07. The average Bonchev–Trinajstić information content (AvgIpc) is 2.79. The maximum absolute atomic E-state index is 11.5. The molecular weight excluding hydrogens is 214 g/mol. The summed E-state index contributed by atoms with van der Waals surface area (Å²) in [5.74, 6) is 1.18. The topological polar surface area (TPSA) is 38.3 Å². The zero-order valence-electron chi connectivity index (χ0n) is 9.50. The van der Waals surface area contributed by atoms with Crippen LogP contribution in [0, 0.1) is 11.8 Å². The number of hydrogen-bond donors (Lipinski definition) is 1. The first kappa shape index (κ1) is 10.4. The molecule has 0 aromatic heterocycles. The van der Waals surface area contributed by atoms with E-state index < -0.39 is 0 Å². The van der Waals surface area contributed by atoms with E-state index in [1.807, 2.05) is 30.3 Å². The van der Waals surface area contributed by atoms with Gasteiger partial charge in [0.25, 0.3) is 0 Å². The van der Waals surface area contributed by atoms with Crippen molar-refractivity contribution < 1.29 is 9.53 Å². The standard InChI is InChI=1S/C14H15NO2/c16-14(15-13-11-7-4-8-12(11)13)17-9-10-5-2-1-3-6-10/h1-7,11-13H,8-9H2,(H,15,16). The minimum atomic E-state index is -0.304. The van der Waals surface area contributed by atoms with Gasteiger partial charge in [-0.25, -0.2) is 4.79 Å². The third-order valence-electron chi connectivity index (χ3n) is 3.49. The zero-order valence-corrected chi connectivity index (χ0v) is 9.50. The summed E-state index contributed by atoms with van der Waals surface area (Å²) in [6.45, 7) is 0.338. The minimum absolute atomic E-state index is 0.304. The molecule has 3 heteroatoms. The van der Waals surface area contributed by atoms with Gasteiger partial charge in [0.1, 0.15) is 6.61 Å². The van der Waals surface area contributed by atoms with Gasteiger partial charge in [-0.05, 0) is 17.9 Å². The number of amides is 1. The second-order valence-corrected chi connectivity index (χ2v) is 4.64. The maximum Gasteiger partial charge on any atom is 0.407 e. The molecule has 3 atom stereocenters.